The number of benzene rings is 4. The first-order valence-electron chi connectivity index (χ1n) is 29.4. The number of nitrogens with one attached hydrogen (secondary N) is 4. The van der Waals surface area contributed by atoms with Crippen molar-refractivity contribution >= 4 is 35.9 Å². The average Bonchev–Trinajstić information content (AvgIpc) is 2.93. The first-order valence-corrected chi connectivity index (χ1v) is 29.4. The Labute approximate surface area is 499 Å². The fourth-order valence-corrected chi connectivity index (χ4v) is 10.5. The summed E-state index contributed by atoms with van der Waals surface area (Å²) in [4.78, 5) is 85.2. The molecule has 1 aliphatic heterocycles. The molecule has 22 heteroatoms. The van der Waals surface area contributed by atoms with Gasteiger partial charge in [0, 0.05) is 90.4 Å². The quantitative estimate of drug-likeness (QED) is 0.0327. The summed E-state index contributed by atoms with van der Waals surface area (Å²) in [6.45, 7) is 12.8. The van der Waals surface area contributed by atoms with E-state index in [4.69, 9.17) is 37.9 Å². The highest BCUT2D eigenvalue weighted by atomic mass is 16.6. The van der Waals surface area contributed by atoms with E-state index in [9.17, 15) is 28.8 Å². The van der Waals surface area contributed by atoms with Crippen LogP contribution in [0.2, 0.25) is 0 Å². The van der Waals surface area contributed by atoms with Crippen LogP contribution in [0.3, 0.4) is 0 Å². The molecule has 0 unspecified atom stereocenters. The second-order valence-corrected chi connectivity index (χ2v) is 21.9. The van der Waals surface area contributed by atoms with Gasteiger partial charge in [-0.1, -0.05) is 97.1 Å². The van der Waals surface area contributed by atoms with E-state index in [0.717, 1.165) is 44.5 Å². The highest BCUT2D eigenvalue weighted by molar-refractivity contribution is 5.81. The Bertz CT molecular complexity index is 2530. The molecule has 85 heavy (non-hydrogen) atoms. The van der Waals surface area contributed by atoms with Crippen LogP contribution in [-0.4, -0.2) is 239 Å². The number of hydrogen-bond donors (Lipinski definition) is 4. The van der Waals surface area contributed by atoms with Crippen LogP contribution in [0.4, 0.5) is 9.59 Å². The zero-order chi connectivity index (χ0) is 60.2. The summed E-state index contributed by atoms with van der Waals surface area (Å²) < 4.78 is 44.5. The summed E-state index contributed by atoms with van der Waals surface area (Å²) in [5.74, 6) is -1.26. The molecule has 0 atom stereocenters. The maximum absolute atomic E-state index is 13.3. The van der Waals surface area contributed by atoms with Crippen molar-refractivity contribution in [3.63, 3.8) is 0 Å². The molecule has 1 saturated heterocycles. The van der Waals surface area contributed by atoms with Gasteiger partial charge in [0.1, 0.15) is 18.8 Å². The van der Waals surface area contributed by atoms with E-state index < -0.39 is 23.8 Å². The van der Waals surface area contributed by atoms with Crippen LogP contribution in [-0.2, 0) is 57.1 Å². The Hall–Kier alpha value is -7.02. The molecule has 3 aliphatic rings. The molecule has 462 valence electrons. The number of carbonyl (C=O) groups is 6. The number of fused-ring (bicyclic) bond motifs is 6. The van der Waals surface area contributed by atoms with E-state index in [1.54, 1.807) is 0 Å². The number of esters is 2. The summed E-state index contributed by atoms with van der Waals surface area (Å²) in [6.07, 6.45) is -1.02. The van der Waals surface area contributed by atoms with E-state index >= 15 is 0 Å². The lowest BCUT2D eigenvalue weighted by molar-refractivity contribution is -0.156. The second-order valence-electron chi connectivity index (χ2n) is 21.9. The predicted octanol–water partition coefficient (Wildman–Crippen LogP) is 4.10. The fraction of sp³-hybridized carbons (Fsp3) is 0.524. The largest absolute Gasteiger partial charge is 0.468 e. The standard InChI is InChI=1S/C63H86N8O14/c1-63(2,3)85-60(75)44-71-31-27-68(41-57(72)64-21-33-79-37-39-81-35-23-66-61(76)83-45-55-51-17-9-5-13-47(51)48-14-6-10-18-52(48)55)25-29-70(43-59(74)78-4)30-26-69(28-32-71)42-58(73)65-22-34-80-38-40-82-36-24-67-62(77)84-46-56-53-19-11-7-15-49(53)50-16-8-12-20-54(50)56/h5-20,55-56H,21-46H2,1-4H3,(H,64,72)(H,65,73)(H,66,76)(H,67,77). The summed E-state index contributed by atoms with van der Waals surface area (Å²) >= 11 is 0. The van der Waals surface area contributed by atoms with Gasteiger partial charge in [-0.2, -0.15) is 0 Å². The van der Waals surface area contributed by atoms with Gasteiger partial charge >= 0.3 is 24.1 Å². The van der Waals surface area contributed by atoms with Crippen LogP contribution >= 0.6 is 0 Å². The molecule has 1 fully saturated rings. The van der Waals surface area contributed by atoms with Gasteiger partial charge in [-0.15, -0.1) is 0 Å². The molecule has 4 aromatic carbocycles. The van der Waals surface area contributed by atoms with E-state index in [-0.39, 0.29) is 122 Å². The SMILES string of the molecule is COC(=O)CN1CCN(CC(=O)NCCOCCOCCNC(=O)OCC2c3ccccc3-c3ccccc32)CCN(CC(=O)OC(C)(C)C)CCN(CC(=O)NCCOCCOCCNC(=O)OCC2c3ccccc3-c3ccccc32)CC1. The molecular formula is C63H86N8O14. The molecule has 2 aliphatic carbocycles. The zero-order valence-corrected chi connectivity index (χ0v) is 49.8. The van der Waals surface area contributed by atoms with Crippen molar-refractivity contribution in [3.8, 4) is 22.3 Å². The third-order valence-electron chi connectivity index (χ3n) is 14.6. The van der Waals surface area contributed by atoms with Crippen molar-refractivity contribution in [2.75, 3.05) is 178 Å². The molecule has 0 spiro atoms. The Morgan fingerprint density at radius 1 is 0.412 bits per heavy atom. The summed E-state index contributed by atoms with van der Waals surface area (Å²) in [6, 6.07) is 32.7. The zero-order valence-electron chi connectivity index (χ0n) is 49.8. The molecule has 0 bridgehead atoms. The topological polar surface area (TPSA) is 237 Å². The Balaban J connectivity index is 0.757. The van der Waals surface area contributed by atoms with E-state index in [2.05, 4.69) is 69.8 Å². The van der Waals surface area contributed by atoms with Gasteiger partial charge in [-0.05, 0) is 65.3 Å². The van der Waals surface area contributed by atoms with Crippen molar-refractivity contribution in [1.29, 1.82) is 0 Å². The third-order valence-corrected chi connectivity index (χ3v) is 14.6. The smallest absolute Gasteiger partial charge is 0.407 e. The lowest BCUT2D eigenvalue weighted by Crippen LogP contribution is -2.51. The van der Waals surface area contributed by atoms with Crippen molar-refractivity contribution in [3.05, 3.63) is 119 Å². The predicted molar refractivity (Wildman–Crippen MR) is 319 cm³/mol. The first kappa shape index (κ1) is 65.5. The fourth-order valence-electron chi connectivity index (χ4n) is 10.5. The van der Waals surface area contributed by atoms with Crippen LogP contribution in [0.1, 0.15) is 54.9 Å². The van der Waals surface area contributed by atoms with Gasteiger partial charge in [0.25, 0.3) is 0 Å². The maximum atomic E-state index is 13.3. The van der Waals surface area contributed by atoms with E-state index in [0.29, 0.717) is 78.8 Å². The van der Waals surface area contributed by atoms with E-state index in [1.807, 2.05) is 88.9 Å². The molecule has 4 amide bonds. The number of nitrogens with zero attached hydrogens (tertiary/aromatic N) is 4. The van der Waals surface area contributed by atoms with Crippen molar-refractivity contribution in [2.45, 2.75) is 38.2 Å². The lowest BCUT2D eigenvalue weighted by Gasteiger charge is -2.33. The molecule has 4 N–H and O–H groups in total. The number of carbonyl (C=O) groups excluding carboxylic acids is 6. The van der Waals surface area contributed by atoms with Gasteiger partial charge in [0.15, 0.2) is 0 Å². The third kappa shape index (κ3) is 22.1. The number of ether oxygens (including phenoxy) is 8. The number of hydrogen-bond acceptors (Lipinski definition) is 18. The van der Waals surface area contributed by atoms with Gasteiger partial charge in [0.2, 0.25) is 11.8 Å². The highest BCUT2D eigenvalue weighted by Gasteiger charge is 2.31. The molecular weight excluding hydrogens is 1090 g/mol. The molecule has 0 saturated carbocycles. The maximum Gasteiger partial charge on any atom is 0.407 e. The average molecular weight is 1180 g/mol. The van der Waals surface area contributed by atoms with Crippen LogP contribution < -0.4 is 21.3 Å². The number of methoxy groups -OCH3 is 1. The van der Waals surface area contributed by atoms with Crippen molar-refractivity contribution in [2.24, 2.45) is 0 Å². The van der Waals surface area contributed by atoms with E-state index in [1.165, 1.54) is 7.11 Å². The van der Waals surface area contributed by atoms with Crippen molar-refractivity contribution in [1.82, 2.24) is 40.9 Å². The molecule has 4 aromatic rings. The minimum absolute atomic E-state index is 0.0120. The second kappa shape index (κ2) is 34.8. The number of amides is 4. The normalized spacial score (nSPS) is 15.2. The number of rotatable bonds is 30. The molecule has 1 heterocycles. The van der Waals surface area contributed by atoms with Gasteiger partial charge in [-0.25, -0.2) is 9.59 Å². The van der Waals surface area contributed by atoms with Gasteiger partial charge < -0.3 is 59.2 Å². The van der Waals surface area contributed by atoms with Crippen LogP contribution in [0.15, 0.2) is 97.1 Å². The van der Waals surface area contributed by atoms with Gasteiger partial charge in [0.05, 0.1) is 86.1 Å². The minimum Gasteiger partial charge on any atom is -0.468 e. The lowest BCUT2D eigenvalue weighted by atomic mass is 9.98. The Morgan fingerprint density at radius 3 is 1.02 bits per heavy atom. The van der Waals surface area contributed by atoms with Crippen LogP contribution in [0.25, 0.3) is 22.3 Å². The summed E-state index contributed by atoms with van der Waals surface area (Å²) in [7, 11) is 1.34. The highest BCUT2D eigenvalue weighted by Crippen LogP contribution is 2.45. The molecule has 22 nitrogen and oxygen atoms in total. The number of alkyl carbamates (subject to hydrolysis) is 2. The van der Waals surface area contributed by atoms with Gasteiger partial charge in [-0.3, -0.25) is 38.8 Å². The Morgan fingerprint density at radius 2 is 0.706 bits per heavy atom. The molecule has 0 radical (unpaired) electrons. The summed E-state index contributed by atoms with van der Waals surface area (Å²) in [5, 5.41) is 11.3. The van der Waals surface area contributed by atoms with Crippen molar-refractivity contribution < 1.29 is 66.7 Å². The first-order chi connectivity index (χ1) is 41.2. The molecule has 7 rings (SSSR count). The Kier molecular flexibility index (Phi) is 26.8. The van der Waals surface area contributed by atoms with Crippen LogP contribution in [0, 0.1) is 0 Å². The summed E-state index contributed by atoms with van der Waals surface area (Å²) in [5.41, 5.74) is 8.56. The van der Waals surface area contributed by atoms with Crippen LogP contribution in [0.5, 0.6) is 0 Å². The monoisotopic (exact) mass is 1180 g/mol. The minimum atomic E-state index is -0.686. The molecule has 0 aromatic heterocycles.